The summed E-state index contributed by atoms with van der Waals surface area (Å²) in [5.74, 6) is 0.679. The van der Waals surface area contributed by atoms with E-state index in [0.717, 1.165) is 5.56 Å². The number of pyridine rings is 1. The van der Waals surface area contributed by atoms with Crippen LogP contribution in [0, 0.1) is 10.1 Å². The Morgan fingerprint density at radius 3 is 2.75 bits per heavy atom. The summed E-state index contributed by atoms with van der Waals surface area (Å²) in [6.45, 7) is 0.638. The highest BCUT2D eigenvalue weighted by Crippen LogP contribution is 2.27. The molecule has 0 spiro atoms. The van der Waals surface area contributed by atoms with Crippen molar-refractivity contribution in [2.75, 3.05) is 12.8 Å². The molecule has 2 aromatic rings. The minimum Gasteiger partial charge on any atom is -0.439 e. The standard InChI is InChI=1S/C13H14N4O3/c1-15-8-9-4-2-3-5-11(9)20-12-7-6-10(17(18)19)13(14)16-12/h2-7,15H,8H2,1H3,(H2,14,16). The van der Waals surface area contributed by atoms with E-state index in [0.29, 0.717) is 12.3 Å². The van der Waals surface area contributed by atoms with Crippen LogP contribution in [0.1, 0.15) is 5.56 Å². The summed E-state index contributed by atoms with van der Waals surface area (Å²) in [6.07, 6.45) is 0. The van der Waals surface area contributed by atoms with Gasteiger partial charge in [-0.1, -0.05) is 18.2 Å². The number of nitrogens with two attached hydrogens (primary N) is 1. The molecule has 7 heteroatoms. The summed E-state index contributed by atoms with van der Waals surface area (Å²) in [4.78, 5) is 14.0. The molecule has 1 heterocycles. The number of nitrogen functional groups attached to an aromatic ring is 1. The number of ether oxygens (including phenoxy) is 1. The normalized spacial score (nSPS) is 10.2. The quantitative estimate of drug-likeness (QED) is 0.639. The fraction of sp³-hybridized carbons (Fsp3) is 0.154. The maximum Gasteiger partial charge on any atom is 0.311 e. The summed E-state index contributed by atoms with van der Waals surface area (Å²) in [5.41, 5.74) is 6.24. The van der Waals surface area contributed by atoms with Crippen molar-refractivity contribution in [3.05, 3.63) is 52.1 Å². The second-order valence-corrected chi connectivity index (χ2v) is 4.05. The summed E-state index contributed by atoms with van der Waals surface area (Å²) in [6, 6.07) is 10.1. The number of anilines is 1. The zero-order chi connectivity index (χ0) is 14.5. The van der Waals surface area contributed by atoms with Crippen LogP contribution < -0.4 is 15.8 Å². The van der Waals surface area contributed by atoms with E-state index in [9.17, 15) is 10.1 Å². The number of para-hydroxylation sites is 1. The van der Waals surface area contributed by atoms with Gasteiger partial charge in [0.15, 0.2) is 0 Å². The summed E-state index contributed by atoms with van der Waals surface area (Å²) in [5, 5.41) is 13.7. The number of nitrogens with zero attached hydrogens (tertiary/aromatic N) is 2. The zero-order valence-electron chi connectivity index (χ0n) is 10.9. The van der Waals surface area contributed by atoms with Crippen molar-refractivity contribution in [1.82, 2.24) is 10.3 Å². The Bertz CT molecular complexity index is 631. The van der Waals surface area contributed by atoms with Crippen molar-refractivity contribution < 1.29 is 9.66 Å². The molecule has 0 aliphatic carbocycles. The maximum atomic E-state index is 10.7. The molecule has 2 rings (SSSR count). The Balaban J connectivity index is 2.26. The molecule has 0 amide bonds. The fourth-order valence-electron chi connectivity index (χ4n) is 1.71. The molecule has 0 aliphatic heterocycles. The van der Waals surface area contributed by atoms with Gasteiger partial charge in [0.1, 0.15) is 5.75 Å². The summed E-state index contributed by atoms with van der Waals surface area (Å²) in [7, 11) is 1.83. The van der Waals surface area contributed by atoms with Gasteiger partial charge in [-0.15, -0.1) is 0 Å². The Kier molecular flexibility index (Phi) is 4.11. The van der Waals surface area contributed by atoms with Gasteiger partial charge in [0.05, 0.1) is 4.92 Å². The van der Waals surface area contributed by atoms with E-state index < -0.39 is 4.92 Å². The number of rotatable bonds is 5. The molecule has 0 saturated carbocycles. The van der Waals surface area contributed by atoms with Crippen LogP contribution in [0.15, 0.2) is 36.4 Å². The molecular weight excluding hydrogens is 260 g/mol. The van der Waals surface area contributed by atoms with E-state index in [4.69, 9.17) is 10.5 Å². The molecule has 104 valence electrons. The molecule has 0 fully saturated rings. The van der Waals surface area contributed by atoms with Crippen LogP contribution in [0.5, 0.6) is 11.6 Å². The first-order chi connectivity index (χ1) is 9.61. The molecule has 7 nitrogen and oxygen atoms in total. The first kappa shape index (κ1) is 13.8. The third-order valence-electron chi connectivity index (χ3n) is 2.63. The van der Waals surface area contributed by atoms with Gasteiger partial charge in [-0.25, -0.2) is 0 Å². The third-order valence-corrected chi connectivity index (χ3v) is 2.63. The van der Waals surface area contributed by atoms with Crippen molar-refractivity contribution in [2.24, 2.45) is 0 Å². The number of nitro groups is 1. The molecule has 0 bridgehead atoms. The number of hydrogen-bond acceptors (Lipinski definition) is 6. The highest BCUT2D eigenvalue weighted by molar-refractivity contribution is 5.53. The topological polar surface area (TPSA) is 103 Å². The molecule has 0 radical (unpaired) electrons. The van der Waals surface area contributed by atoms with Crippen LogP contribution in [0.25, 0.3) is 0 Å². The van der Waals surface area contributed by atoms with Gasteiger partial charge in [0.2, 0.25) is 11.7 Å². The van der Waals surface area contributed by atoms with E-state index in [1.54, 1.807) is 6.07 Å². The maximum absolute atomic E-state index is 10.7. The molecule has 0 atom stereocenters. The molecule has 0 aliphatic rings. The van der Waals surface area contributed by atoms with Crippen LogP contribution in [-0.4, -0.2) is 17.0 Å². The monoisotopic (exact) mass is 274 g/mol. The summed E-state index contributed by atoms with van der Waals surface area (Å²) >= 11 is 0. The lowest BCUT2D eigenvalue weighted by molar-refractivity contribution is -0.384. The van der Waals surface area contributed by atoms with Gasteiger partial charge < -0.3 is 15.8 Å². The van der Waals surface area contributed by atoms with Crippen molar-refractivity contribution in [2.45, 2.75) is 6.54 Å². The van der Waals surface area contributed by atoms with Crippen molar-refractivity contribution in [3.63, 3.8) is 0 Å². The molecule has 0 saturated heterocycles. The number of nitrogens with one attached hydrogen (secondary N) is 1. The SMILES string of the molecule is CNCc1ccccc1Oc1ccc([N+](=O)[O-])c(N)n1. The third kappa shape index (κ3) is 3.01. The lowest BCUT2D eigenvalue weighted by atomic mass is 10.2. The lowest BCUT2D eigenvalue weighted by Gasteiger charge is -2.10. The van der Waals surface area contributed by atoms with E-state index in [2.05, 4.69) is 10.3 Å². The van der Waals surface area contributed by atoms with Gasteiger partial charge in [-0.3, -0.25) is 10.1 Å². The Labute approximate surface area is 115 Å². The molecule has 1 aromatic carbocycles. The first-order valence-electron chi connectivity index (χ1n) is 5.93. The van der Waals surface area contributed by atoms with E-state index in [1.165, 1.54) is 12.1 Å². The highest BCUT2D eigenvalue weighted by Gasteiger charge is 2.14. The van der Waals surface area contributed by atoms with Crippen molar-refractivity contribution in [3.8, 4) is 11.6 Å². The summed E-state index contributed by atoms with van der Waals surface area (Å²) < 4.78 is 5.62. The largest absolute Gasteiger partial charge is 0.439 e. The second-order valence-electron chi connectivity index (χ2n) is 4.05. The van der Waals surface area contributed by atoms with Gasteiger partial charge in [0.25, 0.3) is 0 Å². The number of hydrogen-bond donors (Lipinski definition) is 2. The minimum absolute atomic E-state index is 0.168. The lowest BCUT2D eigenvalue weighted by Crippen LogP contribution is -2.06. The second kappa shape index (κ2) is 5.98. The number of benzene rings is 1. The van der Waals surface area contributed by atoms with Gasteiger partial charge >= 0.3 is 5.69 Å². The molecule has 3 N–H and O–H groups in total. The zero-order valence-corrected chi connectivity index (χ0v) is 10.9. The van der Waals surface area contributed by atoms with Gasteiger partial charge in [-0.2, -0.15) is 4.98 Å². The predicted octanol–water partition coefficient (Wildman–Crippen LogP) is 2.08. The first-order valence-corrected chi connectivity index (χ1v) is 5.93. The Hall–Kier alpha value is -2.67. The van der Waals surface area contributed by atoms with Crippen LogP contribution in [0.2, 0.25) is 0 Å². The van der Waals surface area contributed by atoms with Crippen LogP contribution in [0.3, 0.4) is 0 Å². The highest BCUT2D eigenvalue weighted by atomic mass is 16.6. The predicted molar refractivity (Wildman–Crippen MR) is 74.6 cm³/mol. The molecule has 20 heavy (non-hydrogen) atoms. The Morgan fingerprint density at radius 2 is 2.10 bits per heavy atom. The van der Waals surface area contributed by atoms with Crippen molar-refractivity contribution in [1.29, 1.82) is 0 Å². The van der Waals surface area contributed by atoms with Gasteiger partial charge in [0, 0.05) is 24.2 Å². The van der Waals surface area contributed by atoms with E-state index >= 15 is 0 Å². The molecule has 0 unspecified atom stereocenters. The number of aromatic nitrogens is 1. The van der Waals surface area contributed by atoms with E-state index in [-0.39, 0.29) is 17.4 Å². The smallest absolute Gasteiger partial charge is 0.311 e. The minimum atomic E-state index is -0.582. The van der Waals surface area contributed by atoms with E-state index in [1.807, 2.05) is 25.2 Å². The average molecular weight is 274 g/mol. The molecule has 1 aromatic heterocycles. The average Bonchev–Trinajstić information content (AvgIpc) is 2.41. The van der Waals surface area contributed by atoms with Gasteiger partial charge in [-0.05, 0) is 13.1 Å². The van der Waals surface area contributed by atoms with Crippen LogP contribution in [-0.2, 0) is 6.54 Å². The van der Waals surface area contributed by atoms with Crippen LogP contribution in [0.4, 0.5) is 11.5 Å². The van der Waals surface area contributed by atoms with Crippen LogP contribution >= 0.6 is 0 Å². The Morgan fingerprint density at radius 1 is 1.35 bits per heavy atom. The molecular formula is C13H14N4O3. The fourth-order valence-corrected chi connectivity index (χ4v) is 1.71. The van der Waals surface area contributed by atoms with Crippen molar-refractivity contribution >= 4 is 11.5 Å².